The van der Waals surface area contributed by atoms with Gasteiger partial charge in [-0.05, 0) is 48.7 Å². The first kappa shape index (κ1) is 14.4. The van der Waals surface area contributed by atoms with Gasteiger partial charge >= 0.3 is 0 Å². The van der Waals surface area contributed by atoms with Crippen molar-refractivity contribution in [3.05, 3.63) is 68.7 Å². The van der Waals surface area contributed by atoms with Gasteiger partial charge in [-0.3, -0.25) is 0 Å². The molecular weight excluding hydrogens is 279 g/mol. The van der Waals surface area contributed by atoms with E-state index in [-0.39, 0.29) is 0 Å². The molecule has 0 amide bonds. The van der Waals surface area contributed by atoms with Gasteiger partial charge in [-0.1, -0.05) is 47.0 Å². The molecule has 0 saturated carbocycles. The minimum absolute atomic E-state index is 0.544. The Morgan fingerprint density at radius 2 is 1.63 bits per heavy atom. The van der Waals surface area contributed by atoms with Crippen molar-refractivity contribution in [1.29, 1.82) is 0 Å². The molecule has 0 aliphatic rings. The van der Waals surface area contributed by atoms with E-state index in [0.29, 0.717) is 16.5 Å². The van der Waals surface area contributed by atoms with E-state index in [1.54, 1.807) is 18.2 Å². The van der Waals surface area contributed by atoms with Crippen molar-refractivity contribution in [3.8, 4) is 0 Å². The predicted octanol–water partition coefficient (Wildman–Crippen LogP) is 4.89. The van der Waals surface area contributed by atoms with E-state index >= 15 is 0 Å². The molecule has 0 fully saturated rings. The molecule has 2 aromatic carbocycles. The summed E-state index contributed by atoms with van der Waals surface area (Å²) in [7, 11) is 0. The molecule has 0 spiro atoms. The fraction of sp³-hybridized carbons (Fsp3) is 0.250. The van der Waals surface area contributed by atoms with E-state index in [1.165, 1.54) is 11.1 Å². The number of aliphatic hydroxyl groups excluding tert-OH is 1. The average molecular weight is 295 g/mol. The van der Waals surface area contributed by atoms with Crippen LogP contribution in [0.4, 0.5) is 0 Å². The first-order valence-corrected chi connectivity index (χ1v) is 6.91. The van der Waals surface area contributed by atoms with E-state index in [9.17, 15) is 5.11 Å². The average Bonchev–Trinajstić information content (AvgIpc) is 2.32. The van der Waals surface area contributed by atoms with Gasteiger partial charge in [0, 0.05) is 16.5 Å². The molecule has 1 unspecified atom stereocenters. The molecule has 2 rings (SSSR count). The summed E-state index contributed by atoms with van der Waals surface area (Å²) in [6.45, 7) is 4.10. The third-order valence-electron chi connectivity index (χ3n) is 3.19. The Morgan fingerprint density at radius 1 is 1.00 bits per heavy atom. The standard InChI is InChI=1S/C16H16Cl2O/c1-10-3-4-11(2)12(5-10)8-16(19)13-6-14(17)9-15(18)7-13/h3-7,9,16,19H,8H2,1-2H3. The fourth-order valence-electron chi connectivity index (χ4n) is 2.11. The van der Waals surface area contributed by atoms with Gasteiger partial charge in [0.2, 0.25) is 0 Å². The van der Waals surface area contributed by atoms with E-state index in [0.717, 1.165) is 11.1 Å². The van der Waals surface area contributed by atoms with Crippen LogP contribution >= 0.6 is 23.2 Å². The monoisotopic (exact) mass is 294 g/mol. The normalized spacial score (nSPS) is 12.5. The molecule has 0 radical (unpaired) electrons. The van der Waals surface area contributed by atoms with Crippen LogP contribution in [0.1, 0.15) is 28.4 Å². The van der Waals surface area contributed by atoms with Crippen molar-refractivity contribution in [2.24, 2.45) is 0 Å². The summed E-state index contributed by atoms with van der Waals surface area (Å²) in [5.41, 5.74) is 4.26. The maximum atomic E-state index is 10.3. The number of hydrogen-bond donors (Lipinski definition) is 1. The highest BCUT2D eigenvalue weighted by Gasteiger charge is 2.12. The van der Waals surface area contributed by atoms with Crippen molar-refractivity contribution < 1.29 is 5.11 Å². The Morgan fingerprint density at radius 3 is 2.26 bits per heavy atom. The van der Waals surface area contributed by atoms with Gasteiger partial charge in [0.25, 0.3) is 0 Å². The lowest BCUT2D eigenvalue weighted by Gasteiger charge is -2.14. The summed E-state index contributed by atoms with van der Waals surface area (Å²) < 4.78 is 0. The van der Waals surface area contributed by atoms with Crippen LogP contribution in [0.15, 0.2) is 36.4 Å². The topological polar surface area (TPSA) is 20.2 Å². The molecular formula is C16H16Cl2O. The number of benzene rings is 2. The van der Waals surface area contributed by atoms with E-state index < -0.39 is 6.10 Å². The van der Waals surface area contributed by atoms with Gasteiger partial charge in [0.1, 0.15) is 0 Å². The second-order valence-electron chi connectivity index (χ2n) is 4.85. The minimum atomic E-state index is -0.600. The summed E-state index contributed by atoms with van der Waals surface area (Å²) in [5.74, 6) is 0. The van der Waals surface area contributed by atoms with E-state index in [2.05, 4.69) is 18.2 Å². The molecule has 100 valence electrons. The molecule has 1 N–H and O–H groups in total. The smallest absolute Gasteiger partial charge is 0.0831 e. The zero-order valence-corrected chi connectivity index (χ0v) is 12.5. The van der Waals surface area contributed by atoms with Crippen LogP contribution in [0.5, 0.6) is 0 Å². The van der Waals surface area contributed by atoms with Gasteiger partial charge in [-0.25, -0.2) is 0 Å². The SMILES string of the molecule is Cc1ccc(C)c(CC(O)c2cc(Cl)cc(Cl)c2)c1. The van der Waals surface area contributed by atoms with Crippen molar-refractivity contribution in [2.45, 2.75) is 26.4 Å². The van der Waals surface area contributed by atoms with Crippen LogP contribution in [0.2, 0.25) is 10.0 Å². The Labute approximate surface area is 123 Å². The number of halogens is 2. The first-order chi connectivity index (χ1) is 8.95. The molecule has 0 aliphatic carbocycles. The summed E-state index contributed by atoms with van der Waals surface area (Å²) in [6, 6.07) is 11.4. The zero-order valence-electron chi connectivity index (χ0n) is 11.0. The van der Waals surface area contributed by atoms with Crippen molar-refractivity contribution in [2.75, 3.05) is 0 Å². The van der Waals surface area contributed by atoms with Crippen LogP contribution in [0.3, 0.4) is 0 Å². The Kier molecular flexibility index (Phi) is 4.51. The Bertz CT molecular complexity index is 573. The number of rotatable bonds is 3. The van der Waals surface area contributed by atoms with Crippen LogP contribution in [-0.2, 0) is 6.42 Å². The lowest BCUT2D eigenvalue weighted by Crippen LogP contribution is -2.03. The van der Waals surface area contributed by atoms with Gasteiger partial charge in [-0.15, -0.1) is 0 Å². The predicted molar refractivity (Wildman–Crippen MR) is 81.0 cm³/mol. The largest absolute Gasteiger partial charge is 0.388 e. The van der Waals surface area contributed by atoms with Crippen molar-refractivity contribution in [1.82, 2.24) is 0 Å². The number of aliphatic hydroxyl groups is 1. The molecule has 3 heteroatoms. The van der Waals surface area contributed by atoms with Crippen LogP contribution in [0, 0.1) is 13.8 Å². The zero-order chi connectivity index (χ0) is 14.0. The third-order valence-corrected chi connectivity index (χ3v) is 3.62. The maximum Gasteiger partial charge on any atom is 0.0831 e. The highest BCUT2D eigenvalue weighted by atomic mass is 35.5. The van der Waals surface area contributed by atoms with Gasteiger partial charge in [0.15, 0.2) is 0 Å². The summed E-state index contributed by atoms with van der Waals surface area (Å²) >= 11 is 11.9. The highest BCUT2D eigenvalue weighted by Crippen LogP contribution is 2.26. The molecule has 2 aromatic rings. The summed E-state index contributed by atoms with van der Waals surface area (Å²) in [5, 5.41) is 11.4. The second kappa shape index (κ2) is 5.96. The molecule has 0 aromatic heterocycles. The fourth-order valence-corrected chi connectivity index (χ4v) is 2.66. The van der Waals surface area contributed by atoms with Gasteiger partial charge in [-0.2, -0.15) is 0 Å². The first-order valence-electron chi connectivity index (χ1n) is 6.16. The molecule has 0 heterocycles. The van der Waals surface area contributed by atoms with Crippen molar-refractivity contribution >= 4 is 23.2 Å². The molecule has 0 aliphatic heterocycles. The Balaban J connectivity index is 2.25. The number of aryl methyl sites for hydroxylation is 2. The van der Waals surface area contributed by atoms with E-state index in [1.807, 2.05) is 13.8 Å². The minimum Gasteiger partial charge on any atom is -0.388 e. The highest BCUT2D eigenvalue weighted by molar-refractivity contribution is 6.34. The van der Waals surface area contributed by atoms with Crippen LogP contribution in [-0.4, -0.2) is 5.11 Å². The maximum absolute atomic E-state index is 10.3. The molecule has 0 bridgehead atoms. The molecule has 0 saturated heterocycles. The molecule has 1 atom stereocenters. The quantitative estimate of drug-likeness (QED) is 0.855. The summed E-state index contributed by atoms with van der Waals surface area (Å²) in [6.07, 6.45) is -0.0406. The van der Waals surface area contributed by atoms with Gasteiger partial charge < -0.3 is 5.11 Å². The molecule has 19 heavy (non-hydrogen) atoms. The third kappa shape index (κ3) is 3.73. The molecule has 1 nitrogen and oxygen atoms in total. The Hall–Kier alpha value is -1.02. The van der Waals surface area contributed by atoms with Crippen LogP contribution < -0.4 is 0 Å². The van der Waals surface area contributed by atoms with Crippen molar-refractivity contribution in [3.63, 3.8) is 0 Å². The summed E-state index contributed by atoms with van der Waals surface area (Å²) in [4.78, 5) is 0. The van der Waals surface area contributed by atoms with E-state index in [4.69, 9.17) is 23.2 Å². The second-order valence-corrected chi connectivity index (χ2v) is 5.73. The van der Waals surface area contributed by atoms with Gasteiger partial charge in [0.05, 0.1) is 6.10 Å². The van der Waals surface area contributed by atoms with Crippen LogP contribution in [0.25, 0.3) is 0 Å². The number of hydrogen-bond acceptors (Lipinski definition) is 1. The lowest BCUT2D eigenvalue weighted by molar-refractivity contribution is 0.178. The lowest BCUT2D eigenvalue weighted by atomic mass is 9.97.